The number of hydrogen-bond acceptors (Lipinski definition) is 6. The van der Waals surface area contributed by atoms with Crippen molar-refractivity contribution in [3.8, 4) is 17.5 Å². The van der Waals surface area contributed by atoms with Gasteiger partial charge in [0.1, 0.15) is 11.1 Å². The largest absolute Gasteiger partial charge is 0.334 e. The first-order valence-corrected chi connectivity index (χ1v) is 8.95. The average Bonchev–Trinajstić information content (AvgIpc) is 3.07. The lowest BCUT2D eigenvalue weighted by molar-refractivity contribution is 0.425. The van der Waals surface area contributed by atoms with E-state index in [1.807, 2.05) is 39.0 Å². The van der Waals surface area contributed by atoms with Crippen LogP contribution in [0.3, 0.4) is 0 Å². The highest BCUT2D eigenvalue weighted by atomic mass is 35.5. The maximum Gasteiger partial charge on any atom is 0.259 e. The Balaban J connectivity index is 1.82. The van der Waals surface area contributed by atoms with Gasteiger partial charge < -0.3 is 4.52 Å². The Hall–Kier alpha value is -2.36. The van der Waals surface area contributed by atoms with E-state index >= 15 is 0 Å². The van der Waals surface area contributed by atoms with Crippen LogP contribution in [-0.4, -0.2) is 15.1 Å². The van der Waals surface area contributed by atoms with E-state index in [-0.39, 0.29) is 0 Å². The lowest BCUT2D eigenvalue weighted by Gasteiger charge is -2.10. The van der Waals surface area contributed by atoms with Gasteiger partial charge in [0.25, 0.3) is 5.89 Å². The van der Waals surface area contributed by atoms with Crippen molar-refractivity contribution < 1.29 is 4.52 Å². The molecule has 3 rings (SSSR count). The summed E-state index contributed by atoms with van der Waals surface area (Å²) in [5.41, 5.74) is 4.22. The van der Waals surface area contributed by atoms with Crippen LogP contribution in [0.25, 0.3) is 11.5 Å². The fourth-order valence-corrected chi connectivity index (χ4v) is 3.48. The number of thioether (sulfide) groups is 1. The molecule has 0 aliphatic heterocycles. The van der Waals surface area contributed by atoms with Crippen LogP contribution in [0.4, 0.5) is 0 Å². The summed E-state index contributed by atoms with van der Waals surface area (Å²) in [4.78, 5) is 8.91. The molecule has 0 atom stereocenters. The second-order valence-electron chi connectivity index (χ2n) is 5.52. The van der Waals surface area contributed by atoms with Crippen molar-refractivity contribution in [2.24, 2.45) is 0 Å². The van der Waals surface area contributed by atoms with E-state index in [4.69, 9.17) is 16.1 Å². The zero-order valence-electron chi connectivity index (χ0n) is 14.0. The molecular formula is C18H15ClN4OS. The minimum absolute atomic E-state index is 0.380. The smallest absolute Gasteiger partial charge is 0.259 e. The van der Waals surface area contributed by atoms with E-state index in [2.05, 4.69) is 21.2 Å². The highest BCUT2D eigenvalue weighted by molar-refractivity contribution is 7.98. The van der Waals surface area contributed by atoms with E-state index in [1.165, 1.54) is 11.8 Å². The minimum Gasteiger partial charge on any atom is -0.334 e. The summed E-state index contributed by atoms with van der Waals surface area (Å²) in [6.45, 7) is 5.86. The van der Waals surface area contributed by atoms with Crippen LogP contribution in [-0.2, 0) is 5.75 Å². The molecule has 2 heterocycles. The molecule has 25 heavy (non-hydrogen) atoms. The summed E-state index contributed by atoms with van der Waals surface area (Å²) < 4.78 is 5.30. The van der Waals surface area contributed by atoms with E-state index in [0.29, 0.717) is 38.6 Å². The van der Waals surface area contributed by atoms with Crippen LogP contribution in [0.15, 0.2) is 33.8 Å². The van der Waals surface area contributed by atoms with Crippen LogP contribution in [0.5, 0.6) is 0 Å². The van der Waals surface area contributed by atoms with Crippen LogP contribution in [0.2, 0.25) is 5.02 Å². The maximum absolute atomic E-state index is 9.43. The molecule has 0 bridgehead atoms. The lowest BCUT2D eigenvalue weighted by atomic mass is 10.1. The van der Waals surface area contributed by atoms with E-state index in [9.17, 15) is 5.26 Å². The van der Waals surface area contributed by atoms with Crippen molar-refractivity contribution in [1.29, 1.82) is 5.26 Å². The Morgan fingerprint density at radius 2 is 1.92 bits per heavy atom. The molecule has 3 aromatic rings. The Morgan fingerprint density at radius 3 is 2.64 bits per heavy atom. The van der Waals surface area contributed by atoms with E-state index in [1.54, 1.807) is 6.07 Å². The lowest BCUT2D eigenvalue weighted by Crippen LogP contribution is -1.99. The summed E-state index contributed by atoms with van der Waals surface area (Å²) in [5, 5.41) is 14.7. The first-order chi connectivity index (χ1) is 12.0. The van der Waals surface area contributed by atoms with Crippen LogP contribution in [0.1, 0.15) is 28.2 Å². The Labute approximate surface area is 155 Å². The topological polar surface area (TPSA) is 75.6 Å². The number of aromatic nitrogens is 3. The van der Waals surface area contributed by atoms with Gasteiger partial charge in [-0.25, -0.2) is 4.98 Å². The van der Waals surface area contributed by atoms with Crippen molar-refractivity contribution in [1.82, 2.24) is 15.1 Å². The second-order valence-corrected chi connectivity index (χ2v) is 6.89. The van der Waals surface area contributed by atoms with Gasteiger partial charge in [0.2, 0.25) is 0 Å². The second kappa shape index (κ2) is 7.26. The van der Waals surface area contributed by atoms with Crippen molar-refractivity contribution in [2.45, 2.75) is 31.6 Å². The standard InChI is InChI=1S/C18H15ClN4OS/c1-10-11(2)14(8-20)18(21-12(10)3)25-9-16-22-17(24-23-16)13-6-4-5-7-15(13)19/h4-7H,9H2,1-3H3. The highest BCUT2D eigenvalue weighted by Gasteiger charge is 2.16. The molecule has 0 unspecified atom stereocenters. The van der Waals surface area contributed by atoms with E-state index < -0.39 is 0 Å². The summed E-state index contributed by atoms with van der Waals surface area (Å²) in [5.74, 6) is 1.37. The molecule has 0 saturated carbocycles. The minimum atomic E-state index is 0.380. The monoisotopic (exact) mass is 370 g/mol. The third-order valence-corrected chi connectivity index (χ3v) is 5.29. The number of benzene rings is 1. The summed E-state index contributed by atoms with van der Waals surface area (Å²) in [6, 6.07) is 9.55. The molecule has 0 amide bonds. The quantitative estimate of drug-likeness (QED) is 0.609. The van der Waals surface area contributed by atoms with Gasteiger partial charge in [0.15, 0.2) is 5.82 Å². The van der Waals surface area contributed by atoms with Crippen LogP contribution in [0, 0.1) is 32.1 Å². The summed E-state index contributed by atoms with van der Waals surface area (Å²) in [6.07, 6.45) is 0. The fraction of sp³-hybridized carbons (Fsp3) is 0.222. The summed E-state index contributed by atoms with van der Waals surface area (Å²) >= 11 is 7.57. The molecule has 1 aromatic carbocycles. The Morgan fingerprint density at radius 1 is 1.16 bits per heavy atom. The Kier molecular flexibility index (Phi) is 5.07. The number of pyridine rings is 1. The highest BCUT2D eigenvalue weighted by Crippen LogP contribution is 2.30. The van der Waals surface area contributed by atoms with Gasteiger partial charge in [-0.15, -0.1) is 0 Å². The fourth-order valence-electron chi connectivity index (χ4n) is 2.34. The molecule has 0 aliphatic carbocycles. The molecule has 0 N–H and O–H groups in total. The van der Waals surface area contributed by atoms with Gasteiger partial charge in [0, 0.05) is 5.69 Å². The number of nitrogens with zero attached hydrogens (tertiary/aromatic N) is 4. The van der Waals surface area contributed by atoms with Crippen LogP contribution < -0.4 is 0 Å². The molecule has 0 radical (unpaired) electrons. The average molecular weight is 371 g/mol. The first-order valence-electron chi connectivity index (χ1n) is 7.59. The molecule has 126 valence electrons. The molecule has 7 heteroatoms. The van der Waals surface area contributed by atoms with Gasteiger partial charge >= 0.3 is 0 Å². The maximum atomic E-state index is 9.43. The van der Waals surface area contributed by atoms with Gasteiger partial charge in [-0.1, -0.05) is 40.7 Å². The predicted octanol–water partition coefficient (Wildman–Crippen LogP) is 4.87. The molecule has 5 nitrogen and oxygen atoms in total. The predicted molar refractivity (Wildman–Crippen MR) is 97.5 cm³/mol. The van der Waals surface area contributed by atoms with Gasteiger partial charge in [-0.05, 0) is 44.0 Å². The molecular weight excluding hydrogens is 356 g/mol. The van der Waals surface area contributed by atoms with Crippen molar-refractivity contribution in [3.05, 3.63) is 57.5 Å². The number of nitriles is 1. The summed E-state index contributed by atoms with van der Waals surface area (Å²) in [7, 11) is 0. The zero-order valence-corrected chi connectivity index (χ0v) is 15.6. The number of aryl methyl sites for hydroxylation is 1. The Bertz CT molecular complexity index is 978. The number of halogens is 1. The van der Waals surface area contributed by atoms with Gasteiger partial charge in [-0.2, -0.15) is 10.2 Å². The van der Waals surface area contributed by atoms with Crippen molar-refractivity contribution >= 4 is 23.4 Å². The van der Waals surface area contributed by atoms with Crippen LogP contribution >= 0.6 is 23.4 Å². The molecule has 2 aromatic heterocycles. The third-order valence-electron chi connectivity index (χ3n) is 3.99. The first kappa shape index (κ1) is 17.5. The molecule has 0 saturated heterocycles. The van der Waals surface area contributed by atoms with Gasteiger partial charge in [0.05, 0.1) is 21.9 Å². The van der Waals surface area contributed by atoms with Gasteiger partial charge in [-0.3, -0.25) is 0 Å². The van der Waals surface area contributed by atoms with Crippen molar-refractivity contribution in [2.75, 3.05) is 0 Å². The molecule has 0 spiro atoms. The van der Waals surface area contributed by atoms with E-state index in [0.717, 1.165) is 16.8 Å². The number of rotatable bonds is 4. The number of hydrogen-bond donors (Lipinski definition) is 0. The molecule has 0 fully saturated rings. The SMILES string of the molecule is Cc1nc(SCc2noc(-c3ccccc3Cl)n2)c(C#N)c(C)c1C. The van der Waals surface area contributed by atoms with Crippen molar-refractivity contribution in [3.63, 3.8) is 0 Å². The normalized spacial score (nSPS) is 10.7. The third kappa shape index (κ3) is 3.53. The zero-order chi connectivity index (χ0) is 18.0. The molecule has 0 aliphatic rings.